The normalized spacial score (nSPS) is 13.4. The number of aryl methyl sites for hydroxylation is 1. The molecular formula is C19H25N2O+. The van der Waals surface area contributed by atoms with E-state index in [1.54, 1.807) is 0 Å². The summed E-state index contributed by atoms with van der Waals surface area (Å²) in [5.41, 5.74) is 3.67. The summed E-state index contributed by atoms with van der Waals surface area (Å²) >= 11 is 0. The van der Waals surface area contributed by atoms with Crippen molar-refractivity contribution < 1.29 is 10.1 Å². The predicted octanol–water partition coefficient (Wildman–Crippen LogP) is 2.17. The Morgan fingerprint density at radius 3 is 2.23 bits per heavy atom. The fraction of sp³-hybridized carbons (Fsp3) is 0.316. The Bertz CT molecular complexity index is 593. The SMILES string of the molecule is CCNC(=O)[C@@H](C)[NH2+][C@@H](c1ccccc1)c1ccc(C)cc1. The second-order valence-electron chi connectivity index (χ2n) is 5.67. The number of likely N-dealkylation sites (N-methyl/N-ethyl adjacent to an activating group) is 1. The molecule has 1 amide bonds. The van der Waals surface area contributed by atoms with Crippen molar-refractivity contribution in [3.63, 3.8) is 0 Å². The van der Waals surface area contributed by atoms with Crippen LogP contribution in [-0.2, 0) is 4.79 Å². The summed E-state index contributed by atoms with van der Waals surface area (Å²) in [6, 6.07) is 18.9. The lowest BCUT2D eigenvalue weighted by Crippen LogP contribution is -2.92. The summed E-state index contributed by atoms with van der Waals surface area (Å²) < 4.78 is 0. The number of carbonyl (C=O) groups is 1. The molecule has 3 N–H and O–H groups in total. The zero-order valence-electron chi connectivity index (χ0n) is 13.5. The minimum absolute atomic E-state index is 0.0792. The molecule has 22 heavy (non-hydrogen) atoms. The first-order chi connectivity index (χ1) is 10.6. The molecule has 2 atom stereocenters. The van der Waals surface area contributed by atoms with E-state index in [0.717, 1.165) is 0 Å². The summed E-state index contributed by atoms with van der Waals surface area (Å²) in [6.07, 6.45) is 0. The standard InChI is InChI=1S/C19H24N2O/c1-4-20-19(22)15(3)21-18(16-8-6-5-7-9-16)17-12-10-14(2)11-13-17/h5-13,15,18,21H,4H2,1-3H3,(H,20,22)/p+1/t15-,18+/m1/s1. The largest absolute Gasteiger partial charge is 0.351 e. The molecule has 0 unspecified atom stereocenters. The van der Waals surface area contributed by atoms with Crippen LogP contribution in [0.4, 0.5) is 0 Å². The monoisotopic (exact) mass is 297 g/mol. The Balaban J connectivity index is 2.26. The smallest absolute Gasteiger partial charge is 0.277 e. The Morgan fingerprint density at radius 2 is 1.64 bits per heavy atom. The van der Waals surface area contributed by atoms with Crippen LogP contribution < -0.4 is 10.6 Å². The van der Waals surface area contributed by atoms with Crippen LogP contribution in [-0.4, -0.2) is 18.5 Å². The van der Waals surface area contributed by atoms with Crippen molar-refractivity contribution in [3.8, 4) is 0 Å². The van der Waals surface area contributed by atoms with Crippen LogP contribution in [0.15, 0.2) is 54.6 Å². The third-order valence-electron chi connectivity index (χ3n) is 3.84. The van der Waals surface area contributed by atoms with Crippen LogP contribution in [0.2, 0.25) is 0 Å². The first kappa shape index (κ1) is 16.2. The molecule has 2 rings (SSSR count). The van der Waals surface area contributed by atoms with E-state index in [0.29, 0.717) is 6.54 Å². The molecule has 3 heteroatoms. The van der Waals surface area contributed by atoms with Crippen molar-refractivity contribution in [2.45, 2.75) is 32.9 Å². The van der Waals surface area contributed by atoms with Gasteiger partial charge in [0.05, 0.1) is 0 Å². The van der Waals surface area contributed by atoms with Crippen molar-refractivity contribution in [1.82, 2.24) is 5.32 Å². The summed E-state index contributed by atoms with van der Waals surface area (Å²) in [5.74, 6) is 0.0792. The number of nitrogens with one attached hydrogen (secondary N) is 1. The van der Waals surface area contributed by atoms with Gasteiger partial charge in [0.1, 0.15) is 6.04 Å². The molecule has 0 heterocycles. The highest BCUT2D eigenvalue weighted by atomic mass is 16.2. The molecule has 0 aliphatic heterocycles. The highest BCUT2D eigenvalue weighted by Gasteiger charge is 2.24. The van der Waals surface area contributed by atoms with Gasteiger partial charge in [-0.1, -0.05) is 60.2 Å². The Labute approximate surface area is 132 Å². The number of nitrogens with two attached hydrogens (primary N) is 1. The van der Waals surface area contributed by atoms with E-state index in [9.17, 15) is 4.79 Å². The zero-order chi connectivity index (χ0) is 15.9. The number of quaternary nitrogens is 1. The fourth-order valence-corrected chi connectivity index (χ4v) is 2.56. The molecule has 0 saturated heterocycles. The van der Waals surface area contributed by atoms with Gasteiger partial charge in [0.15, 0.2) is 6.04 Å². The van der Waals surface area contributed by atoms with Gasteiger partial charge in [0.25, 0.3) is 5.91 Å². The molecular weight excluding hydrogens is 272 g/mol. The third kappa shape index (κ3) is 4.18. The third-order valence-corrected chi connectivity index (χ3v) is 3.84. The van der Waals surface area contributed by atoms with Crippen molar-refractivity contribution in [1.29, 1.82) is 0 Å². The molecule has 0 aromatic heterocycles. The van der Waals surface area contributed by atoms with E-state index < -0.39 is 0 Å². The van der Waals surface area contributed by atoms with E-state index in [4.69, 9.17) is 0 Å². The number of amides is 1. The second kappa shape index (κ2) is 7.76. The van der Waals surface area contributed by atoms with Crippen LogP contribution in [0.5, 0.6) is 0 Å². The van der Waals surface area contributed by atoms with Crippen LogP contribution in [0.25, 0.3) is 0 Å². The summed E-state index contributed by atoms with van der Waals surface area (Å²) in [4.78, 5) is 12.1. The molecule has 0 aliphatic carbocycles. The highest BCUT2D eigenvalue weighted by Crippen LogP contribution is 2.18. The quantitative estimate of drug-likeness (QED) is 0.843. The summed E-state index contributed by atoms with van der Waals surface area (Å²) in [5, 5.41) is 5.02. The molecule has 0 fully saturated rings. The van der Waals surface area contributed by atoms with Crippen molar-refractivity contribution in [2.75, 3.05) is 6.54 Å². The maximum atomic E-state index is 12.1. The fourth-order valence-electron chi connectivity index (χ4n) is 2.56. The lowest BCUT2D eigenvalue weighted by Gasteiger charge is -2.20. The number of hydrogen-bond donors (Lipinski definition) is 2. The lowest BCUT2D eigenvalue weighted by molar-refractivity contribution is -0.704. The van der Waals surface area contributed by atoms with E-state index >= 15 is 0 Å². The summed E-state index contributed by atoms with van der Waals surface area (Å²) in [6.45, 7) is 6.65. The Kier molecular flexibility index (Phi) is 5.73. The lowest BCUT2D eigenvalue weighted by atomic mass is 9.97. The van der Waals surface area contributed by atoms with Gasteiger partial charge in [0, 0.05) is 17.7 Å². The number of benzene rings is 2. The van der Waals surface area contributed by atoms with Crippen molar-refractivity contribution in [2.24, 2.45) is 0 Å². The number of carbonyl (C=O) groups excluding carboxylic acids is 1. The minimum Gasteiger partial charge on any atom is -0.351 e. The Hall–Kier alpha value is -2.13. The zero-order valence-corrected chi connectivity index (χ0v) is 13.5. The molecule has 2 aromatic rings. The maximum absolute atomic E-state index is 12.1. The van der Waals surface area contributed by atoms with Crippen LogP contribution in [0.3, 0.4) is 0 Å². The van der Waals surface area contributed by atoms with Crippen LogP contribution in [0.1, 0.15) is 36.6 Å². The van der Waals surface area contributed by atoms with Crippen LogP contribution >= 0.6 is 0 Å². The van der Waals surface area contributed by atoms with Crippen LogP contribution in [0, 0.1) is 6.92 Å². The molecule has 0 saturated carbocycles. The van der Waals surface area contributed by atoms with Crippen molar-refractivity contribution >= 4 is 5.91 Å². The molecule has 0 spiro atoms. The van der Waals surface area contributed by atoms with E-state index in [1.165, 1.54) is 16.7 Å². The number of hydrogen-bond acceptors (Lipinski definition) is 1. The molecule has 3 nitrogen and oxygen atoms in total. The Morgan fingerprint density at radius 1 is 1.05 bits per heavy atom. The van der Waals surface area contributed by atoms with E-state index in [1.807, 2.05) is 32.0 Å². The van der Waals surface area contributed by atoms with Gasteiger partial charge >= 0.3 is 0 Å². The molecule has 0 aliphatic rings. The maximum Gasteiger partial charge on any atom is 0.277 e. The first-order valence-corrected chi connectivity index (χ1v) is 7.86. The second-order valence-corrected chi connectivity index (χ2v) is 5.67. The van der Waals surface area contributed by atoms with Gasteiger partial charge in [-0.05, 0) is 20.8 Å². The van der Waals surface area contributed by atoms with Crippen molar-refractivity contribution in [3.05, 3.63) is 71.3 Å². The van der Waals surface area contributed by atoms with Gasteiger partial charge in [-0.3, -0.25) is 4.79 Å². The minimum atomic E-state index is -0.133. The van der Waals surface area contributed by atoms with Gasteiger partial charge < -0.3 is 10.6 Å². The average Bonchev–Trinajstić information content (AvgIpc) is 2.54. The van der Waals surface area contributed by atoms with E-state index in [2.05, 4.69) is 54.0 Å². The number of rotatable bonds is 6. The van der Waals surface area contributed by atoms with Gasteiger partial charge in [0.2, 0.25) is 0 Å². The average molecular weight is 297 g/mol. The molecule has 0 radical (unpaired) electrons. The predicted molar refractivity (Wildman–Crippen MR) is 89.5 cm³/mol. The topological polar surface area (TPSA) is 45.7 Å². The highest BCUT2D eigenvalue weighted by molar-refractivity contribution is 5.79. The summed E-state index contributed by atoms with van der Waals surface area (Å²) in [7, 11) is 0. The van der Waals surface area contributed by atoms with Gasteiger partial charge in [-0.15, -0.1) is 0 Å². The molecule has 0 bridgehead atoms. The van der Waals surface area contributed by atoms with Gasteiger partial charge in [-0.25, -0.2) is 0 Å². The molecule has 2 aromatic carbocycles. The van der Waals surface area contributed by atoms with Gasteiger partial charge in [-0.2, -0.15) is 0 Å². The van der Waals surface area contributed by atoms with E-state index in [-0.39, 0.29) is 18.0 Å². The molecule has 116 valence electrons. The first-order valence-electron chi connectivity index (χ1n) is 7.86.